The fourth-order valence-electron chi connectivity index (χ4n) is 1.63. The number of methoxy groups -OCH3 is 1. The predicted octanol–water partition coefficient (Wildman–Crippen LogP) is 0.898. The summed E-state index contributed by atoms with van der Waals surface area (Å²) in [5, 5.41) is 0. The fraction of sp³-hybridized carbons (Fsp3) is 0.167. The zero-order chi connectivity index (χ0) is 12.4. The molecule has 0 aliphatic heterocycles. The maximum Gasteiger partial charge on any atom is 0.273 e. The average molecular weight is 234 g/mol. The van der Waals surface area contributed by atoms with E-state index < -0.39 is 10.9 Å². The summed E-state index contributed by atoms with van der Waals surface area (Å²) in [6.45, 7) is 0. The second-order valence-corrected chi connectivity index (χ2v) is 3.31. The molecule has 0 radical (unpaired) electrons. The number of benzene rings is 1. The summed E-state index contributed by atoms with van der Waals surface area (Å²) < 4.78 is 5.12. The second kappa shape index (κ2) is 4.39. The molecular formula is C12H10O5. The smallest absolute Gasteiger partial charge is 0.273 e. The number of ether oxygens (including phenoxy) is 1. The van der Waals surface area contributed by atoms with Crippen LogP contribution >= 0.6 is 0 Å². The van der Waals surface area contributed by atoms with E-state index in [0.717, 1.165) is 0 Å². The molecule has 0 saturated carbocycles. The number of para-hydroxylation sites is 1. The highest BCUT2D eigenvalue weighted by atomic mass is 17.2. The van der Waals surface area contributed by atoms with E-state index >= 15 is 0 Å². The molecule has 0 bridgehead atoms. The molecule has 0 N–H and O–H groups in total. The van der Waals surface area contributed by atoms with Crippen molar-refractivity contribution in [1.82, 2.24) is 0 Å². The lowest BCUT2D eigenvalue weighted by Gasteiger charge is -2.12. The number of hydrogen-bond acceptors (Lipinski definition) is 5. The van der Waals surface area contributed by atoms with E-state index in [1.165, 1.54) is 14.2 Å². The minimum absolute atomic E-state index is 0.0815. The van der Waals surface area contributed by atoms with Crippen molar-refractivity contribution in [2.45, 2.75) is 0 Å². The van der Waals surface area contributed by atoms with E-state index in [4.69, 9.17) is 4.74 Å². The Kier molecular flexibility index (Phi) is 2.93. The Balaban J connectivity index is 2.58. The molecule has 0 unspecified atom stereocenters. The van der Waals surface area contributed by atoms with Crippen molar-refractivity contribution >= 4 is 0 Å². The van der Waals surface area contributed by atoms with E-state index in [1.54, 1.807) is 24.3 Å². The monoisotopic (exact) mass is 234 g/mol. The van der Waals surface area contributed by atoms with Crippen LogP contribution in [0.15, 0.2) is 33.9 Å². The van der Waals surface area contributed by atoms with Crippen LogP contribution in [0.5, 0.6) is 11.5 Å². The van der Waals surface area contributed by atoms with Crippen molar-refractivity contribution in [2.75, 3.05) is 14.2 Å². The van der Waals surface area contributed by atoms with Gasteiger partial charge in [-0.3, -0.25) is 9.59 Å². The lowest BCUT2D eigenvalue weighted by Crippen LogP contribution is -2.34. The molecule has 0 atom stereocenters. The van der Waals surface area contributed by atoms with Crippen LogP contribution in [-0.4, -0.2) is 14.2 Å². The highest BCUT2D eigenvalue weighted by Gasteiger charge is 2.26. The van der Waals surface area contributed by atoms with Crippen LogP contribution < -0.4 is 20.5 Å². The topological polar surface area (TPSA) is 61.8 Å². The lowest BCUT2D eigenvalue weighted by atomic mass is 9.99. The molecule has 5 heteroatoms. The van der Waals surface area contributed by atoms with Gasteiger partial charge in [-0.2, -0.15) is 4.89 Å². The Bertz CT molecular complexity index is 607. The Labute approximate surface area is 96.8 Å². The van der Waals surface area contributed by atoms with Crippen LogP contribution in [0.4, 0.5) is 0 Å². The Morgan fingerprint density at radius 1 is 1.00 bits per heavy atom. The van der Waals surface area contributed by atoms with Crippen LogP contribution in [-0.2, 0) is 4.89 Å². The fourth-order valence-corrected chi connectivity index (χ4v) is 1.63. The molecule has 2 aromatic rings. The summed E-state index contributed by atoms with van der Waals surface area (Å²) in [6.07, 6.45) is 0. The maximum absolute atomic E-state index is 11.5. The van der Waals surface area contributed by atoms with E-state index in [9.17, 15) is 9.59 Å². The molecule has 0 aromatic heterocycles. The van der Waals surface area contributed by atoms with E-state index in [2.05, 4.69) is 9.78 Å². The average Bonchev–Trinajstić information content (AvgIpc) is 2.38. The molecule has 2 aromatic carbocycles. The lowest BCUT2D eigenvalue weighted by molar-refractivity contribution is -0.179. The van der Waals surface area contributed by atoms with Crippen molar-refractivity contribution in [3.8, 4) is 22.6 Å². The summed E-state index contributed by atoms with van der Waals surface area (Å²) >= 11 is 0. The van der Waals surface area contributed by atoms with Gasteiger partial charge in [0.1, 0.15) is 5.75 Å². The summed E-state index contributed by atoms with van der Waals surface area (Å²) in [7, 11) is 2.75. The van der Waals surface area contributed by atoms with E-state index in [0.29, 0.717) is 11.3 Å². The molecule has 5 nitrogen and oxygen atoms in total. The third-order valence-corrected chi connectivity index (χ3v) is 2.41. The standard InChI is InChI=1S/C12H10O5/c1-15-8-6-4-3-5-7(8)9-10(13)11(14)12(9)17-16-2/h3-6H,1-2H3. The number of rotatable bonds is 4. The minimum atomic E-state index is -0.687. The normalized spacial score (nSPS) is 10.5. The number of hydrogen-bond donors (Lipinski definition) is 0. The van der Waals surface area contributed by atoms with Gasteiger partial charge in [0, 0.05) is 5.56 Å². The van der Waals surface area contributed by atoms with E-state index in [1.807, 2.05) is 0 Å². The first kappa shape index (κ1) is 11.3. The van der Waals surface area contributed by atoms with Gasteiger partial charge in [-0.05, 0) is 6.07 Å². The van der Waals surface area contributed by atoms with Gasteiger partial charge in [0.15, 0.2) is 0 Å². The van der Waals surface area contributed by atoms with Gasteiger partial charge in [0.2, 0.25) is 11.2 Å². The van der Waals surface area contributed by atoms with Crippen molar-refractivity contribution in [2.24, 2.45) is 0 Å². The molecule has 0 spiro atoms. The molecule has 0 heterocycles. The highest BCUT2D eigenvalue weighted by Crippen LogP contribution is 2.32. The largest absolute Gasteiger partial charge is 0.496 e. The van der Waals surface area contributed by atoms with Crippen molar-refractivity contribution in [3.05, 3.63) is 44.7 Å². The first-order chi connectivity index (χ1) is 8.20. The van der Waals surface area contributed by atoms with Crippen LogP contribution in [0, 0.1) is 0 Å². The molecular weight excluding hydrogens is 224 g/mol. The Morgan fingerprint density at radius 2 is 1.71 bits per heavy atom. The van der Waals surface area contributed by atoms with Gasteiger partial charge < -0.3 is 9.62 Å². The summed E-state index contributed by atoms with van der Waals surface area (Å²) in [5.74, 6) is 0.419. The quantitative estimate of drug-likeness (QED) is 0.447. The molecule has 88 valence electrons. The van der Waals surface area contributed by atoms with Crippen LogP contribution in [0.3, 0.4) is 0 Å². The molecule has 0 aliphatic rings. The van der Waals surface area contributed by atoms with Gasteiger partial charge >= 0.3 is 0 Å². The Hall–Kier alpha value is -2.14. The van der Waals surface area contributed by atoms with Crippen molar-refractivity contribution in [3.63, 3.8) is 0 Å². The highest BCUT2D eigenvalue weighted by molar-refractivity contribution is 5.78. The maximum atomic E-state index is 11.5. The van der Waals surface area contributed by atoms with Gasteiger partial charge in [0.25, 0.3) is 5.43 Å². The molecule has 0 aliphatic carbocycles. The molecule has 17 heavy (non-hydrogen) atoms. The summed E-state index contributed by atoms with van der Waals surface area (Å²) in [6, 6.07) is 6.89. The summed E-state index contributed by atoms with van der Waals surface area (Å²) in [5.41, 5.74) is -0.574. The third-order valence-electron chi connectivity index (χ3n) is 2.41. The van der Waals surface area contributed by atoms with Crippen LogP contribution in [0.25, 0.3) is 11.1 Å². The molecule has 0 saturated heterocycles. The zero-order valence-corrected chi connectivity index (χ0v) is 9.35. The Morgan fingerprint density at radius 3 is 2.35 bits per heavy atom. The van der Waals surface area contributed by atoms with Crippen LogP contribution in [0.1, 0.15) is 0 Å². The first-order valence-electron chi connectivity index (χ1n) is 4.88. The van der Waals surface area contributed by atoms with Crippen molar-refractivity contribution in [1.29, 1.82) is 0 Å². The second-order valence-electron chi connectivity index (χ2n) is 3.31. The molecule has 0 fully saturated rings. The first-order valence-corrected chi connectivity index (χ1v) is 4.88. The van der Waals surface area contributed by atoms with Gasteiger partial charge in [-0.1, -0.05) is 18.2 Å². The van der Waals surface area contributed by atoms with Gasteiger partial charge in [0.05, 0.1) is 19.8 Å². The van der Waals surface area contributed by atoms with E-state index in [-0.39, 0.29) is 11.3 Å². The van der Waals surface area contributed by atoms with Gasteiger partial charge in [-0.15, -0.1) is 0 Å². The zero-order valence-electron chi connectivity index (χ0n) is 9.35. The third kappa shape index (κ3) is 1.70. The van der Waals surface area contributed by atoms with Crippen LogP contribution in [0.2, 0.25) is 0 Å². The van der Waals surface area contributed by atoms with Gasteiger partial charge in [-0.25, -0.2) is 0 Å². The van der Waals surface area contributed by atoms with Crippen molar-refractivity contribution < 1.29 is 14.5 Å². The summed E-state index contributed by atoms with van der Waals surface area (Å²) in [4.78, 5) is 31.9. The predicted molar refractivity (Wildman–Crippen MR) is 61.0 cm³/mol. The SMILES string of the molecule is COOc1c(-c2ccccc2OC)c(=O)c1=O. The molecule has 0 amide bonds. The molecule has 2 rings (SSSR count). The minimum Gasteiger partial charge on any atom is -0.496 e.